The number of nitrogen functional groups attached to an aromatic ring is 1. The highest BCUT2D eigenvalue weighted by Gasteiger charge is 2.46. The Bertz CT molecular complexity index is 1820. The van der Waals surface area contributed by atoms with E-state index in [0.29, 0.717) is 31.6 Å². The van der Waals surface area contributed by atoms with Crippen molar-refractivity contribution in [3.63, 3.8) is 0 Å². The third-order valence-electron chi connectivity index (χ3n) is 10.5. The first-order valence-electron chi connectivity index (χ1n) is 23.1. The average Bonchev–Trinajstić information content (AvgIpc) is 3.54. The van der Waals surface area contributed by atoms with Crippen LogP contribution in [-0.4, -0.2) is 96.9 Å². The zero-order valence-corrected chi connectivity index (χ0v) is 40.5. The molecule has 0 saturated carbocycles. The van der Waals surface area contributed by atoms with Crippen LogP contribution >= 0.6 is 15.6 Å². The fraction of sp³-hybridized carbons (Fsp3) is 0.689. The Balaban J connectivity index is 1.85. The number of nitrogens with zero attached hydrogens (tertiary/aromatic N) is 2. The highest BCUT2D eigenvalue weighted by molar-refractivity contribution is 7.61. The number of ether oxygens (including phenoxy) is 3. The fourth-order valence-corrected chi connectivity index (χ4v) is 8.64. The van der Waals surface area contributed by atoms with Crippen LogP contribution in [0.2, 0.25) is 0 Å². The lowest BCUT2D eigenvalue weighted by molar-refractivity contribution is -0.161. The van der Waals surface area contributed by atoms with Gasteiger partial charge in [-0.25, -0.2) is 13.9 Å². The van der Waals surface area contributed by atoms with Crippen LogP contribution in [0.3, 0.4) is 0 Å². The van der Waals surface area contributed by atoms with Gasteiger partial charge in [0.05, 0.1) is 19.3 Å². The van der Waals surface area contributed by atoms with Gasteiger partial charge in [0.2, 0.25) is 0 Å². The van der Waals surface area contributed by atoms with Gasteiger partial charge in [0.1, 0.15) is 30.7 Å². The molecule has 376 valence electrons. The number of allylic oxidation sites excluding steroid dienone is 7. The normalized spacial score (nSPS) is 21.1. The summed E-state index contributed by atoms with van der Waals surface area (Å²) in [5.74, 6) is -0.695. The van der Waals surface area contributed by atoms with E-state index in [4.69, 9.17) is 29.0 Å². The van der Waals surface area contributed by atoms with Gasteiger partial charge in [-0.3, -0.25) is 23.2 Å². The number of esters is 2. The third kappa shape index (κ3) is 26.3. The van der Waals surface area contributed by atoms with E-state index in [-0.39, 0.29) is 24.8 Å². The molecule has 0 aliphatic carbocycles. The number of carbonyl (C=O) groups excluding carboxylic acids is 2. The number of carbonyl (C=O) groups is 2. The van der Waals surface area contributed by atoms with E-state index in [1.165, 1.54) is 12.5 Å². The summed E-state index contributed by atoms with van der Waals surface area (Å²) in [6, 6.07) is 1.24. The van der Waals surface area contributed by atoms with E-state index in [2.05, 4.69) is 41.4 Å². The second-order valence-corrected chi connectivity index (χ2v) is 19.4. The zero-order chi connectivity index (χ0) is 48.8. The standard InChI is InChI=1S/C45H75N3O16P2/c1-4-25-36(49)27-22-18-13-11-9-7-6-8-10-12-14-19-23-28-40(50)59-32-37(62-41(51)29-24-20-16-15-17-21-26-35(3)5-2)33-60-65(55,56)64-66(57,58)61-34-38-42(52)43(53)44(63-38)48-31-30-39(46)47-45(48)54/h6,8-9,11-12,14,18,22,30-31,35-38,42-44,49,52-53H,4-5,7,10,13,15-17,19-21,23-29,32-34H2,1-3H3,(H,55,56)(H,57,58)(H2,46,47,54)/b8-6-,11-9-,14-12-,22-18-/t35?,36?,37-,38-,42-,43-,44-/m1/s1. The lowest BCUT2D eigenvalue weighted by atomic mass is 10.00. The van der Waals surface area contributed by atoms with Crippen molar-refractivity contribution in [2.75, 3.05) is 25.6 Å². The van der Waals surface area contributed by atoms with Gasteiger partial charge in [-0.15, -0.1) is 0 Å². The molecule has 2 rings (SSSR count). The molecule has 0 radical (unpaired) electrons. The van der Waals surface area contributed by atoms with Crippen molar-refractivity contribution in [3.8, 4) is 0 Å². The Kier molecular flexibility index (Phi) is 29.6. The first-order chi connectivity index (χ1) is 31.5. The molecular formula is C45H75N3O16P2. The number of aromatic nitrogens is 2. The van der Waals surface area contributed by atoms with Gasteiger partial charge in [-0.05, 0) is 63.4 Å². The summed E-state index contributed by atoms with van der Waals surface area (Å²) in [5.41, 5.74) is 4.57. The second-order valence-electron chi connectivity index (χ2n) is 16.3. The van der Waals surface area contributed by atoms with Crippen LogP contribution in [0.4, 0.5) is 5.82 Å². The summed E-state index contributed by atoms with van der Waals surface area (Å²) in [5, 5.41) is 30.6. The van der Waals surface area contributed by atoms with E-state index in [1.54, 1.807) is 0 Å². The van der Waals surface area contributed by atoms with Crippen molar-refractivity contribution in [1.29, 1.82) is 0 Å². The Morgan fingerprint density at radius 2 is 1.44 bits per heavy atom. The highest BCUT2D eigenvalue weighted by atomic mass is 31.3. The number of hydrogen-bond acceptors (Lipinski definition) is 16. The molecule has 1 aromatic rings. The number of aliphatic hydroxyl groups is 3. The number of unbranched alkanes of at least 4 members (excludes halogenated alkanes) is 6. The van der Waals surface area contributed by atoms with Crippen molar-refractivity contribution >= 4 is 33.4 Å². The predicted octanol–water partition coefficient (Wildman–Crippen LogP) is 7.43. The van der Waals surface area contributed by atoms with Gasteiger partial charge in [0, 0.05) is 19.0 Å². The van der Waals surface area contributed by atoms with Gasteiger partial charge < -0.3 is 45.1 Å². The van der Waals surface area contributed by atoms with Gasteiger partial charge in [-0.1, -0.05) is 121 Å². The molecule has 0 spiro atoms. The molecule has 19 nitrogen and oxygen atoms in total. The molecule has 0 amide bonds. The fourth-order valence-electron chi connectivity index (χ4n) is 6.53. The Morgan fingerprint density at radius 3 is 2.09 bits per heavy atom. The quantitative estimate of drug-likeness (QED) is 0.0165. The van der Waals surface area contributed by atoms with E-state index >= 15 is 0 Å². The van der Waals surface area contributed by atoms with Crippen molar-refractivity contribution in [2.45, 2.75) is 173 Å². The van der Waals surface area contributed by atoms with Crippen LogP contribution in [0.15, 0.2) is 65.7 Å². The van der Waals surface area contributed by atoms with Crippen molar-refractivity contribution in [3.05, 3.63) is 71.4 Å². The van der Waals surface area contributed by atoms with Crippen LogP contribution in [0, 0.1) is 5.92 Å². The largest absolute Gasteiger partial charge is 0.481 e. The highest BCUT2D eigenvalue weighted by Crippen LogP contribution is 2.60. The summed E-state index contributed by atoms with van der Waals surface area (Å²) in [4.78, 5) is 61.6. The summed E-state index contributed by atoms with van der Waals surface area (Å²) in [6.45, 7) is 4.09. The minimum Gasteiger partial charge on any atom is -0.462 e. The molecule has 1 fully saturated rings. The van der Waals surface area contributed by atoms with Crippen molar-refractivity contribution in [2.24, 2.45) is 5.92 Å². The number of rotatable bonds is 36. The van der Waals surface area contributed by atoms with Crippen LogP contribution in [0.25, 0.3) is 0 Å². The van der Waals surface area contributed by atoms with Crippen molar-refractivity contribution in [1.82, 2.24) is 9.55 Å². The summed E-state index contributed by atoms with van der Waals surface area (Å²) in [7, 11) is -10.9. The van der Waals surface area contributed by atoms with E-state index in [9.17, 15) is 48.6 Å². The van der Waals surface area contributed by atoms with Gasteiger partial charge in [-0.2, -0.15) is 9.29 Å². The van der Waals surface area contributed by atoms with Crippen LogP contribution in [0.5, 0.6) is 0 Å². The van der Waals surface area contributed by atoms with Crippen molar-refractivity contribution < 1.29 is 71.4 Å². The van der Waals surface area contributed by atoms with Gasteiger partial charge in [0.25, 0.3) is 0 Å². The molecule has 0 bridgehead atoms. The lowest BCUT2D eigenvalue weighted by Crippen LogP contribution is -2.36. The zero-order valence-electron chi connectivity index (χ0n) is 38.8. The summed E-state index contributed by atoms with van der Waals surface area (Å²) < 4.78 is 56.5. The van der Waals surface area contributed by atoms with Crippen LogP contribution in [0.1, 0.15) is 143 Å². The molecule has 2 heterocycles. The van der Waals surface area contributed by atoms with E-state index < -0.39 is 83.7 Å². The Labute approximate surface area is 389 Å². The molecule has 21 heteroatoms. The Morgan fingerprint density at radius 1 is 0.833 bits per heavy atom. The average molecular weight is 976 g/mol. The monoisotopic (exact) mass is 975 g/mol. The SMILES string of the molecule is CCCC(O)C/C=C\C/C=C\C/C=C\C/C=C\CCCC(=O)OC[C@H](COP(=O)(O)OP(=O)(O)OC[C@H]1O[C@@H](n2ccc(N)nc2=O)[C@H](O)[C@@H]1O)OC(=O)CCCCCCCCC(C)CC. The molecule has 0 aromatic carbocycles. The molecule has 1 aromatic heterocycles. The molecule has 4 unspecified atom stereocenters. The Hall–Kier alpha value is -3.32. The number of phosphoric ester groups is 2. The molecular weight excluding hydrogens is 900 g/mol. The minimum absolute atomic E-state index is 0.0277. The van der Waals surface area contributed by atoms with Crippen LogP contribution in [-0.2, 0) is 46.3 Å². The smallest absolute Gasteiger partial charge is 0.462 e. The number of hydrogen-bond donors (Lipinski definition) is 6. The lowest BCUT2D eigenvalue weighted by Gasteiger charge is -2.21. The molecule has 7 N–H and O–H groups in total. The third-order valence-corrected chi connectivity index (χ3v) is 13.1. The molecule has 9 atom stereocenters. The van der Waals surface area contributed by atoms with Gasteiger partial charge >= 0.3 is 33.3 Å². The number of phosphoric acid groups is 2. The first-order valence-corrected chi connectivity index (χ1v) is 26.1. The van der Waals surface area contributed by atoms with E-state index in [0.717, 1.165) is 81.4 Å². The van der Waals surface area contributed by atoms with E-state index in [1.807, 2.05) is 37.3 Å². The number of aliphatic hydroxyl groups excluding tert-OH is 3. The maximum atomic E-state index is 12.8. The summed E-state index contributed by atoms with van der Waals surface area (Å²) >= 11 is 0. The van der Waals surface area contributed by atoms with Crippen LogP contribution < -0.4 is 11.4 Å². The maximum absolute atomic E-state index is 12.8. The first kappa shape index (κ1) is 58.8. The number of anilines is 1. The second kappa shape index (κ2) is 33.2. The number of nitrogens with two attached hydrogens (primary N) is 1. The summed E-state index contributed by atoms with van der Waals surface area (Å²) in [6.07, 6.45) is 23.1. The molecule has 1 aliphatic heterocycles. The topological polar surface area (TPSA) is 286 Å². The predicted molar refractivity (Wildman–Crippen MR) is 248 cm³/mol. The minimum atomic E-state index is -5.43. The molecule has 1 saturated heterocycles. The molecule has 1 aliphatic rings. The maximum Gasteiger partial charge on any atom is 0.481 e. The molecule has 66 heavy (non-hydrogen) atoms. The van der Waals surface area contributed by atoms with Gasteiger partial charge in [0.15, 0.2) is 12.3 Å².